The third-order valence-electron chi connectivity index (χ3n) is 3.64. The van der Waals surface area contributed by atoms with E-state index >= 15 is 0 Å². The van der Waals surface area contributed by atoms with Crippen molar-refractivity contribution in [2.45, 2.75) is 32.6 Å². The number of nitrogens with one attached hydrogen (secondary N) is 2. The molecule has 0 spiro atoms. The smallest absolute Gasteiger partial charge is 0.273 e. The lowest BCUT2D eigenvalue weighted by molar-refractivity contribution is -0.120. The molecule has 2 N–H and O–H groups in total. The van der Waals surface area contributed by atoms with E-state index in [9.17, 15) is 9.59 Å². The highest BCUT2D eigenvalue weighted by Gasteiger charge is 2.09. The normalized spacial score (nSPS) is 10.2. The first-order valence-electron chi connectivity index (χ1n) is 8.53. The maximum atomic E-state index is 12.1. The van der Waals surface area contributed by atoms with Crippen LogP contribution in [0.3, 0.4) is 0 Å². The fourth-order valence-electron chi connectivity index (χ4n) is 2.17. The highest BCUT2D eigenvalue weighted by Crippen LogP contribution is 2.18. The molecular formula is C19H22N4O3. The Hall–Kier alpha value is -3.14. The molecule has 0 radical (unpaired) electrons. The molecule has 1 heterocycles. The minimum Gasteiger partial charge on any atom is -0.494 e. The number of ether oxygens (including phenoxy) is 1. The Kier molecular flexibility index (Phi) is 7.37. The SMILES string of the molecule is C#CCNC(=O)CCc1nnc(-c2ccc(OCCCC)cc2)[nH]c1=O. The molecule has 7 nitrogen and oxygen atoms in total. The molecule has 0 aliphatic carbocycles. The summed E-state index contributed by atoms with van der Waals surface area (Å²) in [5.41, 5.74) is 0.586. The van der Waals surface area contributed by atoms with Crippen LogP contribution in [0.25, 0.3) is 11.4 Å². The number of carbonyl (C=O) groups is 1. The monoisotopic (exact) mass is 354 g/mol. The van der Waals surface area contributed by atoms with Crippen LogP contribution in [-0.2, 0) is 11.2 Å². The first kappa shape index (κ1) is 19.2. The number of terminal acetylenes is 1. The van der Waals surface area contributed by atoms with Crippen molar-refractivity contribution in [3.8, 4) is 29.5 Å². The van der Waals surface area contributed by atoms with Crippen LogP contribution in [0, 0.1) is 12.3 Å². The Labute approximate surface area is 152 Å². The molecule has 0 fully saturated rings. The van der Waals surface area contributed by atoms with Gasteiger partial charge in [-0.05, 0) is 30.7 Å². The summed E-state index contributed by atoms with van der Waals surface area (Å²) >= 11 is 0. The second-order valence-electron chi connectivity index (χ2n) is 5.66. The third-order valence-corrected chi connectivity index (χ3v) is 3.64. The van der Waals surface area contributed by atoms with Gasteiger partial charge in [-0.3, -0.25) is 9.59 Å². The lowest BCUT2D eigenvalue weighted by Crippen LogP contribution is -2.25. The van der Waals surface area contributed by atoms with Crippen molar-refractivity contribution in [1.82, 2.24) is 20.5 Å². The molecule has 0 saturated heterocycles. The van der Waals surface area contributed by atoms with Crippen molar-refractivity contribution >= 4 is 5.91 Å². The first-order chi connectivity index (χ1) is 12.6. The van der Waals surface area contributed by atoms with Crippen LogP contribution in [-0.4, -0.2) is 34.2 Å². The van der Waals surface area contributed by atoms with E-state index in [4.69, 9.17) is 11.2 Å². The molecule has 136 valence electrons. The number of hydrogen-bond acceptors (Lipinski definition) is 5. The van der Waals surface area contributed by atoms with Crippen LogP contribution in [0.4, 0.5) is 0 Å². The van der Waals surface area contributed by atoms with E-state index in [0.29, 0.717) is 12.4 Å². The predicted molar refractivity (Wildman–Crippen MR) is 98.7 cm³/mol. The summed E-state index contributed by atoms with van der Waals surface area (Å²) in [6.07, 6.45) is 7.47. The van der Waals surface area contributed by atoms with Gasteiger partial charge in [-0.25, -0.2) is 0 Å². The maximum Gasteiger partial charge on any atom is 0.273 e. The summed E-state index contributed by atoms with van der Waals surface area (Å²) in [5, 5.41) is 10.5. The molecule has 0 bridgehead atoms. The van der Waals surface area contributed by atoms with Crippen LogP contribution in [0.5, 0.6) is 5.75 Å². The van der Waals surface area contributed by atoms with Crippen LogP contribution >= 0.6 is 0 Å². The average molecular weight is 354 g/mol. The van der Waals surface area contributed by atoms with Crippen molar-refractivity contribution in [3.63, 3.8) is 0 Å². The molecule has 0 atom stereocenters. The Morgan fingerprint density at radius 1 is 1.31 bits per heavy atom. The highest BCUT2D eigenvalue weighted by molar-refractivity contribution is 5.76. The Balaban J connectivity index is 1.99. The van der Waals surface area contributed by atoms with E-state index in [0.717, 1.165) is 24.2 Å². The van der Waals surface area contributed by atoms with Crippen molar-refractivity contribution in [3.05, 3.63) is 40.3 Å². The minimum absolute atomic E-state index is 0.128. The van der Waals surface area contributed by atoms with Gasteiger partial charge in [0.05, 0.1) is 13.2 Å². The molecule has 0 saturated carbocycles. The van der Waals surface area contributed by atoms with E-state index < -0.39 is 0 Å². The topological polar surface area (TPSA) is 97.0 Å². The maximum absolute atomic E-state index is 12.1. The number of hydrogen-bond donors (Lipinski definition) is 2. The fraction of sp³-hybridized carbons (Fsp3) is 0.368. The van der Waals surface area contributed by atoms with Crippen molar-refractivity contribution < 1.29 is 9.53 Å². The van der Waals surface area contributed by atoms with Gasteiger partial charge in [0.15, 0.2) is 5.82 Å². The van der Waals surface area contributed by atoms with Crippen LogP contribution in [0.1, 0.15) is 31.9 Å². The van der Waals surface area contributed by atoms with Crippen molar-refractivity contribution in [2.75, 3.05) is 13.2 Å². The summed E-state index contributed by atoms with van der Waals surface area (Å²) in [4.78, 5) is 26.4. The van der Waals surface area contributed by atoms with Gasteiger partial charge in [0.25, 0.3) is 5.56 Å². The van der Waals surface area contributed by atoms with Crippen LogP contribution < -0.4 is 15.6 Å². The van der Waals surface area contributed by atoms with E-state index in [1.54, 1.807) is 0 Å². The molecule has 0 aliphatic rings. The molecule has 2 rings (SSSR count). The Morgan fingerprint density at radius 3 is 2.73 bits per heavy atom. The van der Waals surface area contributed by atoms with E-state index in [-0.39, 0.29) is 36.5 Å². The zero-order valence-corrected chi connectivity index (χ0v) is 14.7. The molecule has 1 aromatic heterocycles. The molecular weight excluding hydrogens is 332 g/mol. The number of amides is 1. The van der Waals surface area contributed by atoms with Gasteiger partial charge < -0.3 is 15.0 Å². The number of aromatic amines is 1. The fourth-order valence-corrected chi connectivity index (χ4v) is 2.17. The van der Waals surface area contributed by atoms with E-state index in [1.165, 1.54) is 0 Å². The van der Waals surface area contributed by atoms with Gasteiger partial charge >= 0.3 is 0 Å². The zero-order chi connectivity index (χ0) is 18.8. The summed E-state index contributed by atoms with van der Waals surface area (Å²) < 4.78 is 5.60. The summed E-state index contributed by atoms with van der Waals surface area (Å²) in [7, 11) is 0. The number of rotatable bonds is 9. The van der Waals surface area contributed by atoms with Crippen LogP contribution in [0.15, 0.2) is 29.1 Å². The highest BCUT2D eigenvalue weighted by atomic mass is 16.5. The van der Waals surface area contributed by atoms with E-state index in [2.05, 4.69) is 33.3 Å². The number of unbranched alkanes of at least 4 members (excludes halogenated alkanes) is 1. The molecule has 26 heavy (non-hydrogen) atoms. The van der Waals surface area contributed by atoms with Crippen molar-refractivity contribution in [1.29, 1.82) is 0 Å². The number of aryl methyl sites for hydroxylation is 1. The quantitative estimate of drug-likeness (QED) is 0.528. The zero-order valence-electron chi connectivity index (χ0n) is 14.7. The Morgan fingerprint density at radius 2 is 2.08 bits per heavy atom. The van der Waals surface area contributed by atoms with Gasteiger partial charge in [-0.1, -0.05) is 19.3 Å². The number of nitrogens with zero attached hydrogens (tertiary/aromatic N) is 2. The predicted octanol–water partition coefficient (Wildman–Crippen LogP) is 1.69. The third kappa shape index (κ3) is 5.74. The van der Waals surface area contributed by atoms with Gasteiger partial charge in [-0.2, -0.15) is 0 Å². The number of aromatic nitrogens is 3. The second-order valence-corrected chi connectivity index (χ2v) is 5.66. The summed E-state index contributed by atoms with van der Waals surface area (Å²) in [6, 6.07) is 7.28. The van der Waals surface area contributed by atoms with Crippen LogP contribution in [0.2, 0.25) is 0 Å². The van der Waals surface area contributed by atoms with Gasteiger partial charge in [-0.15, -0.1) is 16.6 Å². The lowest BCUT2D eigenvalue weighted by Gasteiger charge is -2.06. The molecule has 2 aromatic rings. The standard InChI is InChI=1S/C19H22N4O3/c1-3-5-13-26-15-8-6-14(7-9-15)18-21-19(25)16(22-23-18)10-11-17(24)20-12-4-2/h2,6-9H,3,5,10-13H2,1H3,(H,20,24)(H,21,23,25). The largest absolute Gasteiger partial charge is 0.494 e. The molecule has 1 amide bonds. The van der Waals surface area contributed by atoms with Gasteiger partial charge in [0, 0.05) is 18.4 Å². The van der Waals surface area contributed by atoms with Gasteiger partial charge in [0.2, 0.25) is 5.91 Å². The summed E-state index contributed by atoms with van der Waals surface area (Å²) in [5.74, 6) is 3.23. The second kappa shape index (κ2) is 9.99. The average Bonchev–Trinajstić information content (AvgIpc) is 2.66. The number of H-pyrrole nitrogens is 1. The molecule has 7 heteroatoms. The first-order valence-corrected chi connectivity index (χ1v) is 8.53. The molecule has 0 unspecified atom stereocenters. The molecule has 0 aliphatic heterocycles. The van der Waals surface area contributed by atoms with Gasteiger partial charge in [0.1, 0.15) is 11.4 Å². The van der Waals surface area contributed by atoms with Crippen molar-refractivity contribution in [2.24, 2.45) is 0 Å². The van der Waals surface area contributed by atoms with E-state index in [1.807, 2.05) is 24.3 Å². The summed E-state index contributed by atoms with van der Waals surface area (Å²) in [6.45, 7) is 2.95. The minimum atomic E-state index is -0.358. The number of benzene rings is 1. The lowest BCUT2D eigenvalue weighted by atomic mass is 10.2. The number of carbonyl (C=O) groups excluding carboxylic acids is 1. The Bertz CT molecular complexity index is 822. The molecule has 1 aromatic carbocycles.